The number of carbonyl (C=O) groups excluding carboxylic acids is 1. The van der Waals surface area contributed by atoms with Crippen LogP contribution in [0.3, 0.4) is 0 Å². The molecule has 6 rings (SSSR count). The standard InChI is InChI=1S/C31H46N2O7/c1-28-9-5-22(32-27(35)39-18-15-33-13-16-38-17-14-33)19-30(28,36)11-7-25-24(28)6-10-29(2)23(8-12-31(25,29)37)21-3-4-26(34)40-20-21/h3-4,20,22-25,36-37H,5-19H2,1-2H3,(H,32,35)/t22-,23+,24-,25+,28+,29+,30-,31-/m0/s1. The molecule has 0 aromatic carbocycles. The van der Waals surface area contributed by atoms with Crippen LogP contribution in [0.4, 0.5) is 4.79 Å². The number of morpholine rings is 1. The van der Waals surface area contributed by atoms with Crippen molar-refractivity contribution in [2.45, 2.75) is 94.8 Å². The molecule has 4 aliphatic carbocycles. The van der Waals surface area contributed by atoms with Gasteiger partial charge in [-0.05, 0) is 92.6 Å². The zero-order chi connectivity index (χ0) is 28.2. The fourth-order valence-electron chi connectivity index (χ4n) is 9.75. The maximum Gasteiger partial charge on any atom is 0.407 e. The summed E-state index contributed by atoms with van der Waals surface area (Å²) in [5.41, 5.74) is -1.67. The van der Waals surface area contributed by atoms with Crippen LogP contribution in [-0.4, -0.2) is 77.9 Å². The number of carbonyl (C=O) groups is 1. The maximum atomic E-state index is 12.6. The van der Waals surface area contributed by atoms with E-state index in [0.717, 1.165) is 76.8 Å². The number of nitrogens with one attached hydrogen (secondary N) is 1. The Balaban J connectivity index is 1.11. The Morgan fingerprint density at radius 3 is 2.52 bits per heavy atom. The van der Waals surface area contributed by atoms with Crippen LogP contribution in [0, 0.1) is 22.7 Å². The van der Waals surface area contributed by atoms with Crippen LogP contribution in [0.5, 0.6) is 0 Å². The van der Waals surface area contributed by atoms with Gasteiger partial charge in [0.15, 0.2) is 0 Å². The highest BCUT2D eigenvalue weighted by Gasteiger charge is 2.70. The molecule has 4 saturated carbocycles. The predicted molar refractivity (Wildman–Crippen MR) is 148 cm³/mol. The van der Waals surface area contributed by atoms with E-state index in [4.69, 9.17) is 13.9 Å². The topological polar surface area (TPSA) is 121 Å². The van der Waals surface area contributed by atoms with Crippen molar-refractivity contribution in [3.05, 3.63) is 34.4 Å². The number of fused-ring (bicyclic) bond motifs is 5. The Morgan fingerprint density at radius 2 is 1.77 bits per heavy atom. The van der Waals surface area contributed by atoms with Crippen molar-refractivity contribution in [2.24, 2.45) is 22.7 Å². The van der Waals surface area contributed by atoms with Gasteiger partial charge in [0.05, 0.1) is 30.7 Å². The second-order valence-corrected chi connectivity index (χ2v) is 13.7. The molecule has 1 aromatic rings. The van der Waals surface area contributed by atoms with Gasteiger partial charge in [-0.3, -0.25) is 4.90 Å². The van der Waals surface area contributed by atoms with Crippen molar-refractivity contribution in [1.82, 2.24) is 10.2 Å². The van der Waals surface area contributed by atoms with E-state index in [1.807, 2.05) is 6.07 Å². The van der Waals surface area contributed by atoms with Gasteiger partial charge in [-0.1, -0.05) is 13.8 Å². The van der Waals surface area contributed by atoms with Crippen LogP contribution >= 0.6 is 0 Å². The molecule has 2 heterocycles. The molecule has 5 fully saturated rings. The van der Waals surface area contributed by atoms with E-state index in [1.54, 1.807) is 6.26 Å². The maximum absolute atomic E-state index is 12.6. The summed E-state index contributed by atoms with van der Waals surface area (Å²) in [6.45, 7) is 8.66. The van der Waals surface area contributed by atoms with Crippen LogP contribution in [0.2, 0.25) is 0 Å². The molecule has 9 nitrogen and oxygen atoms in total. The van der Waals surface area contributed by atoms with E-state index < -0.39 is 17.3 Å². The largest absolute Gasteiger partial charge is 0.448 e. The van der Waals surface area contributed by atoms with Crippen LogP contribution in [-0.2, 0) is 9.47 Å². The molecule has 1 aromatic heterocycles. The van der Waals surface area contributed by atoms with Crippen LogP contribution in [0.1, 0.15) is 83.1 Å². The minimum absolute atomic E-state index is 0.118. The summed E-state index contributed by atoms with van der Waals surface area (Å²) in [7, 11) is 0. The highest BCUT2D eigenvalue weighted by molar-refractivity contribution is 5.67. The van der Waals surface area contributed by atoms with Crippen molar-refractivity contribution in [3.8, 4) is 0 Å². The number of alkyl carbamates (subject to hydrolysis) is 1. The van der Waals surface area contributed by atoms with Gasteiger partial charge in [0.2, 0.25) is 0 Å². The Morgan fingerprint density at radius 1 is 1.02 bits per heavy atom. The lowest BCUT2D eigenvalue weighted by atomic mass is 9.42. The van der Waals surface area contributed by atoms with E-state index in [2.05, 4.69) is 24.1 Å². The normalized spacial score (nSPS) is 43.3. The zero-order valence-corrected chi connectivity index (χ0v) is 24.0. The molecule has 8 atom stereocenters. The van der Waals surface area contributed by atoms with Gasteiger partial charge < -0.3 is 29.4 Å². The summed E-state index contributed by atoms with van der Waals surface area (Å²) in [5, 5.41) is 27.6. The molecule has 1 saturated heterocycles. The average Bonchev–Trinajstić information content (AvgIpc) is 3.21. The number of aliphatic hydroxyl groups is 2. The lowest BCUT2D eigenvalue weighted by molar-refractivity contribution is -0.247. The van der Waals surface area contributed by atoms with Crippen molar-refractivity contribution in [3.63, 3.8) is 0 Å². The zero-order valence-electron chi connectivity index (χ0n) is 24.0. The van der Waals surface area contributed by atoms with Gasteiger partial charge in [-0.15, -0.1) is 0 Å². The quantitative estimate of drug-likeness (QED) is 0.503. The second kappa shape index (κ2) is 10.4. The number of nitrogens with zero attached hydrogens (tertiary/aromatic N) is 1. The van der Waals surface area contributed by atoms with Crippen molar-refractivity contribution < 1.29 is 28.9 Å². The van der Waals surface area contributed by atoms with E-state index in [0.29, 0.717) is 26.0 Å². The molecule has 0 bridgehead atoms. The number of amides is 1. The molecular formula is C31H46N2O7. The van der Waals surface area contributed by atoms with Crippen molar-refractivity contribution in [2.75, 3.05) is 39.5 Å². The Hall–Kier alpha value is -1.94. The Kier molecular flexibility index (Phi) is 7.33. The first-order chi connectivity index (χ1) is 19.1. The summed E-state index contributed by atoms with van der Waals surface area (Å²) < 4.78 is 16.1. The van der Waals surface area contributed by atoms with E-state index in [9.17, 15) is 19.8 Å². The smallest absolute Gasteiger partial charge is 0.407 e. The third-order valence-corrected chi connectivity index (χ3v) is 12.2. The summed E-state index contributed by atoms with van der Waals surface area (Å²) >= 11 is 0. The van der Waals surface area contributed by atoms with Gasteiger partial charge >= 0.3 is 11.7 Å². The van der Waals surface area contributed by atoms with Crippen LogP contribution in [0.15, 0.2) is 27.6 Å². The third-order valence-electron chi connectivity index (χ3n) is 12.2. The van der Waals surface area contributed by atoms with E-state index in [-0.39, 0.29) is 40.3 Å². The van der Waals surface area contributed by atoms with Gasteiger partial charge in [0, 0.05) is 37.2 Å². The van der Waals surface area contributed by atoms with Gasteiger partial charge in [0.25, 0.3) is 0 Å². The highest BCUT2D eigenvalue weighted by Crippen LogP contribution is 2.71. The molecule has 1 amide bonds. The van der Waals surface area contributed by atoms with Crippen molar-refractivity contribution >= 4 is 6.09 Å². The summed E-state index contributed by atoms with van der Waals surface area (Å²) in [6, 6.07) is 3.23. The fraction of sp³-hybridized carbons (Fsp3) is 0.806. The molecule has 0 radical (unpaired) electrons. The molecule has 40 heavy (non-hydrogen) atoms. The molecule has 1 aliphatic heterocycles. The van der Waals surface area contributed by atoms with Gasteiger partial charge in [0.1, 0.15) is 6.61 Å². The minimum Gasteiger partial charge on any atom is -0.448 e. The van der Waals surface area contributed by atoms with Crippen LogP contribution < -0.4 is 10.9 Å². The first-order valence-electron chi connectivity index (χ1n) is 15.3. The number of rotatable bonds is 5. The number of hydrogen-bond donors (Lipinski definition) is 3. The first kappa shape index (κ1) is 28.2. The van der Waals surface area contributed by atoms with E-state index in [1.165, 1.54) is 6.07 Å². The predicted octanol–water partition coefficient (Wildman–Crippen LogP) is 3.42. The third kappa shape index (κ3) is 4.52. The SMILES string of the molecule is C[C@]12CC[C@H](NC(=O)OCCN3CCOCC3)C[C@@]1(O)CC[C@@H]1[C@@H]2CC[C@]2(C)[C@@H](c3ccc(=O)oc3)CC[C@]12O. The lowest BCUT2D eigenvalue weighted by Gasteiger charge is -2.66. The highest BCUT2D eigenvalue weighted by atomic mass is 16.5. The van der Waals surface area contributed by atoms with Gasteiger partial charge in [-0.2, -0.15) is 0 Å². The monoisotopic (exact) mass is 558 g/mol. The molecule has 0 spiro atoms. The minimum atomic E-state index is -0.886. The molecule has 9 heteroatoms. The summed E-state index contributed by atoms with van der Waals surface area (Å²) in [6.07, 6.45) is 8.11. The average molecular weight is 559 g/mol. The molecule has 3 N–H and O–H groups in total. The second-order valence-electron chi connectivity index (χ2n) is 13.7. The Bertz CT molecular complexity index is 1130. The number of ether oxygens (including phenoxy) is 2. The molecule has 222 valence electrons. The molecule has 5 aliphatic rings. The first-order valence-corrected chi connectivity index (χ1v) is 15.3. The van der Waals surface area contributed by atoms with Gasteiger partial charge in [-0.25, -0.2) is 9.59 Å². The molecule has 0 unspecified atom stereocenters. The Labute approximate surface area is 236 Å². The fourth-order valence-corrected chi connectivity index (χ4v) is 9.75. The van der Waals surface area contributed by atoms with E-state index >= 15 is 0 Å². The summed E-state index contributed by atoms with van der Waals surface area (Å²) in [5.74, 6) is 0.482. The molecular weight excluding hydrogens is 512 g/mol. The van der Waals surface area contributed by atoms with Crippen molar-refractivity contribution in [1.29, 1.82) is 0 Å². The number of hydrogen-bond acceptors (Lipinski definition) is 8. The lowest BCUT2D eigenvalue weighted by Crippen LogP contribution is -2.68. The summed E-state index contributed by atoms with van der Waals surface area (Å²) in [4.78, 5) is 26.4. The van der Waals surface area contributed by atoms with Crippen LogP contribution in [0.25, 0.3) is 0 Å².